The fraction of sp³-hybridized carbons (Fsp3) is 0.188. The molecule has 9 nitrogen and oxygen atoms in total. The van der Waals surface area contributed by atoms with E-state index >= 15 is 0 Å². The Bertz CT molecular complexity index is 1920. The summed E-state index contributed by atoms with van der Waals surface area (Å²) in [6.45, 7) is 2.62. The van der Waals surface area contributed by atoms with Crippen LogP contribution in [0.1, 0.15) is 50.5 Å². The van der Waals surface area contributed by atoms with Gasteiger partial charge < -0.3 is 15.5 Å². The Kier molecular flexibility index (Phi) is 7.81. The number of amides is 2. The van der Waals surface area contributed by atoms with Crippen molar-refractivity contribution in [3.05, 3.63) is 127 Å². The number of carbonyl (C=O) groups is 2. The topological polar surface area (TPSA) is 101 Å². The molecule has 0 radical (unpaired) electrons. The molecular weight excluding hydrogens is 632 g/mol. The molecule has 1 aliphatic rings. The maximum absolute atomic E-state index is 14.2. The zero-order chi connectivity index (χ0) is 30.2. The van der Waals surface area contributed by atoms with E-state index in [1.54, 1.807) is 69.7 Å². The van der Waals surface area contributed by atoms with Crippen molar-refractivity contribution in [3.63, 3.8) is 0 Å². The van der Waals surface area contributed by atoms with E-state index in [1.807, 2.05) is 37.3 Å². The summed E-state index contributed by atoms with van der Waals surface area (Å²) < 4.78 is 4.09. The van der Waals surface area contributed by atoms with Gasteiger partial charge in [-0.1, -0.05) is 41.9 Å². The van der Waals surface area contributed by atoms with Crippen LogP contribution in [-0.4, -0.2) is 44.5 Å². The first-order chi connectivity index (χ1) is 20.8. The fourth-order valence-electron chi connectivity index (χ4n) is 5.45. The van der Waals surface area contributed by atoms with E-state index in [2.05, 4.69) is 26.6 Å². The summed E-state index contributed by atoms with van der Waals surface area (Å²) in [5.74, 6) is -0.389. The van der Waals surface area contributed by atoms with Crippen molar-refractivity contribution in [3.8, 4) is 5.69 Å². The summed E-state index contributed by atoms with van der Waals surface area (Å²) in [6.07, 6.45) is 2.07. The first-order valence-electron chi connectivity index (χ1n) is 13.8. The number of benzene rings is 3. The van der Waals surface area contributed by atoms with Gasteiger partial charge in [0.05, 0.1) is 34.8 Å². The maximum Gasteiger partial charge on any atom is 0.261 e. The monoisotopic (exact) mass is 658 g/mol. The number of fused-ring (bicyclic) bond motifs is 3. The predicted octanol–water partition coefficient (Wildman–Crippen LogP) is 5.63. The Morgan fingerprint density at radius 2 is 1.74 bits per heavy atom. The van der Waals surface area contributed by atoms with Crippen LogP contribution in [0, 0.1) is 0 Å². The summed E-state index contributed by atoms with van der Waals surface area (Å²) in [5.41, 5.74) is 4.89. The molecule has 2 amide bonds. The van der Waals surface area contributed by atoms with Gasteiger partial charge in [-0.2, -0.15) is 5.10 Å². The number of aromatic nitrogens is 3. The summed E-state index contributed by atoms with van der Waals surface area (Å²) in [7, 11) is 1.57. The minimum atomic E-state index is -0.213. The molecule has 0 saturated heterocycles. The van der Waals surface area contributed by atoms with Crippen molar-refractivity contribution >= 4 is 50.7 Å². The molecule has 0 unspecified atom stereocenters. The first-order valence-corrected chi connectivity index (χ1v) is 15.0. The molecule has 218 valence electrons. The lowest BCUT2D eigenvalue weighted by Gasteiger charge is -2.30. The van der Waals surface area contributed by atoms with Gasteiger partial charge in [-0.3, -0.25) is 19.0 Å². The molecule has 3 heterocycles. The number of nitrogens with zero attached hydrogens (tertiary/aromatic N) is 4. The van der Waals surface area contributed by atoms with Crippen LogP contribution >= 0.6 is 27.5 Å². The van der Waals surface area contributed by atoms with Gasteiger partial charge in [-0.05, 0) is 77.3 Å². The zero-order valence-corrected chi connectivity index (χ0v) is 25.8. The summed E-state index contributed by atoms with van der Waals surface area (Å²) in [4.78, 5) is 41.6. The van der Waals surface area contributed by atoms with Gasteiger partial charge in [0.25, 0.3) is 17.4 Å². The van der Waals surface area contributed by atoms with Gasteiger partial charge in [-0.15, -0.1) is 0 Å². The van der Waals surface area contributed by atoms with Crippen LogP contribution in [0.5, 0.6) is 0 Å². The molecule has 43 heavy (non-hydrogen) atoms. The van der Waals surface area contributed by atoms with Gasteiger partial charge in [0.2, 0.25) is 0 Å². The molecule has 11 heteroatoms. The van der Waals surface area contributed by atoms with E-state index in [0.717, 1.165) is 5.56 Å². The van der Waals surface area contributed by atoms with Crippen LogP contribution in [-0.2, 0) is 13.0 Å². The number of hydrogen-bond acceptors (Lipinski definition) is 5. The van der Waals surface area contributed by atoms with E-state index < -0.39 is 0 Å². The smallest absolute Gasteiger partial charge is 0.261 e. The second-order valence-electron chi connectivity index (χ2n) is 10.4. The third-order valence-corrected chi connectivity index (χ3v) is 8.97. The number of nitrogens with one attached hydrogen (secondary N) is 2. The summed E-state index contributed by atoms with van der Waals surface area (Å²) in [5, 5.41) is 11.3. The van der Waals surface area contributed by atoms with Gasteiger partial charge >= 0.3 is 0 Å². The number of carbonyl (C=O) groups excluding carboxylic acids is 2. The first kappa shape index (κ1) is 28.7. The van der Waals surface area contributed by atoms with Crippen LogP contribution in [0.2, 0.25) is 5.02 Å². The highest BCUT2D eigenvalue weighted by atomic mass is 79.9. The lowest BCUT2D eigenvalue weighted by Crippen LogP contribution is -2.41. The van der Waals surface area contributed by atoms with Crippen LogP contribution < -0.4 is 16.2 Å². The Morgan fingerprint density at radius 1 is 1.02 bits per heavy atom. The normalized spacial score (nSPS) is 13.4. The molecular formula is C32H28BrClN6O3. The number of halogens is 2. The number of anilines is 1. The van der Waals surface area contributed by atoms with Crippen molar-refractivity contribution < 1.29 is 9.59 Å². The van der Waals surface area contributed by atoms with Gasteiger partial charge in [-0.25, -0.2) is 4.52 Å². The van der Waals surface area contributed by atoms with Gasteiger partial charge in [0, 0.05) is 40.8 Å². The van der Waals surface area contributed by atoms with Crippen molar-refractivity contribution in [2.24, 2.45) is 0 Å². The molecule has 5 aromatic rings. The molecule has 3 aromatic carbocycles. The largest absolute Gasteiger partial charge is 0.374 e. The molecule has 0 spiro atoms. The van der Waals surface area contributed by atoms with E-state index in [9.17, 15) is 14.4 Å². The molecule has 2 aromatic heterocycles. The standard InChI is InChI=1S/C32H28BrClN6O3/c1-19(20-6-4-3-5-7-20)37-27-17-36-40-28-18-38(31(42)22-10-13-25(33)26(34)16-22)15-14-24(28)32(43)39(30(27)40)23-11-8-21(9-12-23)29(41)35-2/h3-13,16-17,19,37H,14-15,18H2,1-2H3,(H,35,41)/t19-/m1/s1. The summed E-state index contributed by atoms with van der Waals surface area (Å²) >= 11 is 9.65. The van der Waals surface area contributed by atoms with Crippen molar-refractivity contribution in [2.45, 2.75) is 25.9 Å². The Balaban J connectivity index is 1.47. The highest BCUT2D eigenvalue weighted by Gasteiger charge is 2.29. The Morgan fingerprint density at radius 3 is 2.44 bits per heavy atom. The lowest BCUT2D eigenvalue weighted by molar-refractivity contribution is 0.0729. The molecule has 6 rings (SSSR count). The quantitative estimate of drug-likeness (QED) is 0.246. The average Bonchev–Trinajstić information content (AvgIpc) is 3.45. The van der Waals surface area contributed by atoms with E-state index in [1.165, 1.54) is 0 Å². The van der Waals surface area contributed by atoms with Crippen LogP contribution in [0.3, 0.4) is 0 Å². The second-order valence-corrected chi connectivity index (χ2v) is 11.6. The second kappa shape index (κ2) is 11.7. The zero-order valence-electron chi connectivity index (χ0n) is 23.5. The van der Waals surface area contributed by atoms with Crippen molar-refractivity contribution in [1.82, 2.24) is 24.4 Å². The van der Waals surface area contributed by atoms with Crippen LogP contribution in [0.15, 0.2) is 88.3 Å². The molecule has 0 aliphatic carbocycles. The minimum absolute atomic E-state index is 0.0790. The molecule has 0 fully saturated rings. The van der Waals surface area contributed by atoms with Gasteiger partial charge in [0.1, 0.15) is 0 Å². The van der Waals surface area contributed by atoms with E-state index in [4.69, 9.17) is 16.7 Å². The van der Waals surface area contributed by atoms with Crippen LogP contribution in [0.4, 0.5) is 5.69 Å². The molecule has 1 aliphatic heterocycles. The third-order valence-electron chi connectivity index (χ3n) is 7.73. The average molecular weight is 660 g/mol. The maximum atomic E-state index is 14.2. The predicted molar refractivity (Wildman–Crippen MR) is 170 cm³/mol. The third kappa shape index (κ3) is 5.32. The van der Waals surface area contributed by atoms with Crippen molar-refractivity contribution in [1.29, 1.82) is 0 Å². The highest BCUT2D eigenvalue weighted by molar-refractivity contribution is 9.10. The highest BCUT2D eigenvalue weighted by Crippen LogP contribution is 2.29. The van der Waals surface area contributed by atoms with Crippen molar-refractivity contribution in [2.75, 3.05) is 18.9 Å². The lowest BCUT2D eigenvalue weighted by atomic mass is 10.0. The van der Waals surface area contributed by atoms with Gasteiger partial charge in [0.15, 0.2) is 5.65 Å². The molecule has 1 atom stereocenters. The van der Waals surface area contributed by atoms with E-state index in [0.29, 0.717) is 61.9 Å². The van der Waals surface area contributed by atoms with Crippen LogP contribution in [0.25, 0.3) is 11.3 Å². The fourth-order valence-corrected chi connectivity index (χ4v) is 5.88. The number of rotatable bonds is 6. The SMILES string of the molecule is CNC(=O)c1ccc(-n2c(=O)c3c(n4ncc(N[C@H](C)c5ccccc5)c24)CN(C(=O)c2ccc(Br)c(Cl)c2)CC3)cc1. The Labute approximate surface area is 261 Å². The number of hydrogen-bond donors (Lipinski definition) is 2. The Hall–Kier alpha value is -4.41. The van der Waals surface area contributed by atoms with E-state index in [-0.39, 0.29) is 30.0 Å². The molecule has 2 N–H and O–H groups in total. The molecule has 0 bridgehead atoms. The summed E-state index contributed by atoms with van der Waals surface area (Å²) in [6, 6.07) is 21.9. The minimum Gasteiger partial charge on any atom is -0.374 e. The molecule has 0 saturated carbocycles.